The second-order valence-electron chi connectivity index (χ2n) is 13.6. The fourth-order valence-electron chi connectivity index (χ4n) is 7.56. The Kier molecular flexibility index (Phi) is 7.82. The van der Waals surface area contributed by atoms with E-state index in [1.807, 2.05) is 123 Å². The van der Waals surface area contributed by atoms with Crippen molar-refractivity contribution in [2.45, 2.75) is 5.41 Å². The number of rotatable bonds is 4. The number of nitrogens with zero attached hydrogens (tertiary/aromatic N) is 4. The fraction of sp³-hybridized carbons (Fsp3) is 0.111. The normalized spacial score (nSPS) is 12.3. The highest BCUT2D eigenvalue weighted by molar-refractivity contribution is 5.96. The lowest BCUT2D eigenvalue weighted by molar-refractivity contribution is -0.385. The minimum Gasteiger partial charge on any atom is -0.378 e. The zero-order chi connectivity index (χ0) is 37.0. The van der Waals surface area contributed by atoms with Crippen LogP contribution in [-0.2, 0) is 5.41 Å². The Morgan fingerprint density at radius 1 is 0.434 bits per heavy atom. The molecule has 2 aliphatic rings. The van der Waals surface area contributed by atoms with Gasteiger partial charge in [0.05, 0.1) is 15.3 Å². The van der Waals surface area contributed by atoms with Crippen LogP contribution in [0.1, 0.15) is 44.5 Å². The SMILES string of the molecule is CN(C)c1ccc(C#Cc2ccc3c(c2)C2(c4cc(C#Cc5ccc(N(C)C)cc5)ccc4-c4ccc([N+](=O)[O-])cc42)c2cc([N+](=O)[O-])ccc2-3)cc1. The van der Waals surface area contributed by atoms with Crippen LogP contribution in [0.25, 0.3) is 22.3 Å². The lowest BCUT2D eigenvalue weighted by Crippen LogP contribution is -2.26. The van der Waals surface area contributed by atoms with Gasteiger partial charge in [-0.1, -0.05) is 35.8 Å². The van der Waals surface area contributed by atoms with Crippen LogP contribution >= 0.6 is 0 Å². The van der Waals surface area contributed by atoms with Gasteiger partial charge >= 0.3 is 0 Å². The molecule has 53 heavy (non-hydrogen) atoms. The zero-order valence-electron chi connectivity index (χ0n) is 29.5. The molecule has 0 fully saturated rings. The molecule has 6 aromatic rings. The number of non-ortho nitro benzene ring substituents is 2. The topological polar surface area (TPSA) is 92.8 Å². The van der Waals surface area contributed by atoms with E-state index in [9.17, 15) is 20.2 Å². The first-order valence-corrected chi connectivity index (χ1v) is 17.0. The van der Waals surface area contributed by atoms with E-state index < -0.39 is 15.3 Å². The number of nitro groups is 2. The molecule has 0 radical (unpaired) electrons. The molecule has 2 aliphatic carbocycles. The quantitative estimate of drug-likeness (QED) is 0.104. The molecule has 256 valence electrons. The number of hydrogen-bond donors (Lipinski definition) is 0. The molecule has 0 amide bonds. The maximum Gasteiger partial charge on any atom is 0.269 e. The summed E-state index contributed by atoms with van der Waals surface area (Å²) in [5, 5.41) is 24.5. The molecule has 0 aromatic heterocycles. The van der Waals surface area contributed by atoms with Crippen molar-refractivity contribution in [3.8, 4) is 45.9 Å². The van der Waals surface area contributed by atoms with Crippen LogP contribution in [0.4, 0.5) is 22.7 Å². The third kappa shape index (κ3) is 5.45. The van der Waals surface area contributed by atoms with Crippen LogP contribution in [0, 0.1) is 43.9 Å². The van der Waals surface area contributed by atoms with Crippen LogP contribution in [0.2, 0.25) is 0 Å². The maximum atomic E-state index is 12.3. The molecule has 0 heterocycles. The molecule has 0 saturated carbocycles. The van der Waals surface area contributed by atoms with Crippen LogP contribution in [-0.4, -0.2) is 38.0 Å². The first-order valence-electron chi connectivity index (χ1n) is 17.0. The highest BCUT2D eigenvalue weighted by atomic mass is 16.6. The number of hydrogen-bond acceptors (Lipinski definition) is 6. The second-order valence-corrected chi connectivity index (χ2v) is 13.6. The van der Waals surface area contributed by atoms with Crippen LogP contribution in [0.15, 0.2) is 121 Å². The van der Waals surface area contributed by atoms with Gasteiger partial charge in [0.15, 0.2) is 0 Å². The standard InChI is InChI=1S/C45H32N4O4/c1-46(2)33-15-9-29(10-16-33)5-7-31-13-21-37-39-23-19-35(48(50)51)27-43(39)45(41(37)25-31)42-26-32(8-6-30-11-17-34(18-12-30)47(3)4)14-22-38(42)40-24-20-36(49(52)53)28-44(40)45/h9-28H,1-4H3. The van der Waals surface area contributed by atoms with E-state index in [0.717, 1.165) is 67.0 Å². The zero-order valence-corrected chi connectivity index (χ0v) is 29.5. The molecule has 0 N–H and O–H groups in total. The summed E-state index contributed by atoms with van der Waals surface area (Å²) in [6, 6.07) is 37.8. The van der Waals surface area contributed by atoms with Crippen LogP contribution < -0.4 is 9.80 Å². The van der Waals surface area contributed by atoms with Gasteiger partial charge in [-0.2, -0.15) is 0 Å². The molecule has 0 saturated heterocycles. The van der Waals surface area contributed by atoms with Crippen molar-refractivity contribution in [3.05, 3.63) is 186 Å². The minimum absolute atomic E-state index is 0.0605. The van der Waals surface area contributed by atoms with E-state index in [0.29, 0.717) is 11.1 Å². The largest absolute Gasteiger partial charge is 0.378 e. The summed E-state index contributed by atoms with van der Waals surface area (Å²) in [6.07, 6.45) is 0. The summed E-state index contributed by atoms with van der Waals surface area (Å²) >= 11 is 0. The molecular formula is C45H32N4O4. The maximum absolute atomic E-state index is 12.3. The molecule has 6 aromatic carbocycles. The van der Waals surface area contributed by atoms with Crippen molar-refractivity contribution in [3.63, 3.8) is 0 Å². The summed E-state index contributed by atoms with van der Waals surface area (Å²) < 4.78 is 0. The summed E-state index contributed by atoms with van der Waals surface area (Å²) in [7, 11) is 7.95. The van der Waals surface area contributed by atoms with E-state index in [-0.39, 0.29) is 11.4 Å². The molecule has 8 nitrogen and oxygen atoms in total. The summed E-state index contributed by atoms with van der Waals surface area (Å²) in [4.78, 5) is 27.8. The third-order valence-corrected chi connectivity index (χ3v) is 10.1. The van der Waals surface area contributed by atoms with Gasteiger partial charge in [-0.15, -0.1) is 0 Å². The van der Waals surface area contributed by atoms with E-state index in [4.69, 9.17) is 0 Å². The molecule has 0 atom stereocenters. The van der Waals surface area contributed by atoms with Crippen molar-refractivity contribution in [1.29, 1.82) is 0 Å². The number of fused-ring (bicyclic) bond motifs is 10. The Hall–Kier alpha value is -7.16. The van der Waals surface area contributed by atoms with E-state index in [2.05, 4.69) is 23.7 Å². The first-order chi connectivity index (χ1) is 25.5. The number of anilines is 2. The first kappa shape index (κ1) is 33.0. The average Bonchev–Trinajstić information content (AvgIpc) is 3.62. The molecule has 8 rings (SSSR count). The average molecular weight is 693 g/mol. The molecule has 1 spiro atoms. The van der Waals surface area contributed by atoms with Gasteiger partial charge in [0, 0.05) is 86.1 Å². The Bertz CT molecular complexity index is 2450. The van der Waals surface area contributed by atoms with E-state index in [1.165, 1.54) is 12.1 Å². The van der Waals surface area contributed by atoms with Gasteiger partial charge in [0.1, 0.15) is 0 Å². The summed E-state index contributed by atoms with van der Waals surface area (Å²) in [6.45, 7) is 0. The molecule has 8 heteroatoms. The Labute approximate surface area is 307 Å². The van der Waals surface area contributed by atoms with E-state index in [1.54, 1.807) is 24.3 Å². The van der Waals surface area contributed by atoms with Crippen molar-refractivity contribution < 1.29 is 9.85 Å². The van der Waals surface area contributed by atoms with Crippen molar-refractivity contribution in [1.82, 2.24) is 0 Å². The molecular weight excluding hydrogens is 661 g/mol. The summed E-state index contributed by atoms with van der Waals surface area (Å²) in [5.41, 5.74) is 10.6. The smallest absolute Gasteiger partial charge is 0.269 e. The molecule has 0 unspecified atom stereocenters. The van der Waals surface area contributed by atoms with Gasteiger partial charge in [0.25, 0.3) is 11.4 Å². The van der Waals surface area contributed by atoms with Gasteiger partial charge in [-0.3, -0.25) is 20.2 Å². The van der Waals surface area contributed by atoms with Crippen molar-refractivity contribution >= 4 is 22.7 Å². The molecule has 0 aliphatic heterocycles. The Balaban J connectivity index is 1.36. The van der Waals surface area contributed by atoms with Crippen LogP contribution in [0.3, 0.4) is 0 Å². The van der Waals surface area contributed by atoms with Gasteiger partial charge in [-0.25, -0.2) is 0 Å². The predicted octanol–water partition coefficient (Wildman–Crippen LogP) is 8.78. The summed E-state index contributed by atoms with van der Waals surface area (Å²) in [5.74, 6) is 13.2. The highest BCUT2D eigenvalue weighted by Gasteiger charge is 2.53. The van der Waals surface area contributed by atoms with Crippen molar-refractivity contribution in [2.24, 2.45) is 0 Å². The predicted molar refractivity (Wildman–Crippen MR) is 210 cm³/mol. The lowest BCUT2D eigenvalue weighted by atomic mass is 9.70. The van der Waals surface area contributed by atoms with Gasteiger partial charge in [-0.05, 0) is 129 Å². The monoisotopic (exact) mass is 692 g/mol. The van der Waals surface area contributed by atoms with Crippen LogP contribution in [0.5, 0.6) is 0 Å². The lowest BCUT2D eigenvalue weighted by Gasteiger charge is -2.30. The highest BCUT2D eigenvalue weighted by Crippen LogP contribution is 2.63. The second kappa shape index (κ2) is 12.6. The van der Waals surface area contributed by atoms with Gasteiger partial charge < -0.3 is 9.80 Å². The number of nitro benzene ring substituents is 2. The molecule has 0 bridgehead atoms. The Morgan fingerprint density at radius 3 is 1.08 bits per heavy atom. The van der Waals surface area contributed by atoms with Gasteiger partial charge in [0.2, 0.25) is 0 Å². The van der Waals surface area contributed by atoms with Crippen molar-refractivity contribution in [2.75, 3.05) is 38.0 Å². The number of benzene rings is 6. The third-order valence-electron chi connectivity index (χ3n) is 10.1. The fourth-order valence-corrected chi connectivity index (χ4v) is 7.56. The Morgan fingerprint density at radius 2 is 0.736 bits per heavy atom. The minimum atomic E-state index is -1.11. The van der Waals surface area contributed by atoms with E-state index >= 15 is 0 Å².